The minimum atomic E-state index is 0.461. The quantitative estimate of drug-likeness (QED) is 0.832. The van der Waals surface area contributed by atoms with Gasteiger partial charge in [-0.2, -0.15) is 5.26 Å². The van der Waals surface area contributed by atoms with E-state index in [1.165, 1.54) is 25.7 Å². The van der Waals surface area contributed by atoms with Crippen LogP contribution in [0.5, 0.6) is 0 Å². The zero-order valence-electron chi connectivity index (χ0n) is 10.7. The smallest absolute Gasteiger partial charge is 0.0991 e. The molecule has 1 N–H and O–H groups in total. The molecular weight excluding hydrogens is 208 g/mol. The Morgan fingerprint density at radius 1 is 1.29 bits per heavy atom. The van der Waals surface area contributed by atoms with Crippen molar-refractivity contribution in [1.29, 1.82) is 5.26 Å². The first-order valence-corrected chi connectivity index (χ1v) is 6.36. The number of benzene rings is 1. The normalized spacial score (nSPS) is 22.8. The van der Waals surface area contributed by atoms with Crippen molar-refractivity contribution in [2.24, 2.45) is 5.41 Å². The molecule has 1 unspecified atom stereocenters. The van der Waals surface area contributed by atoms with Gasteiger partial charge in [-0.25, -0.2) is 0 Å². The number of nitrogens with one attached hydrogen (secondary N) is 1. The number of nitriles is 1. The van der Waals surface area contributed by atoms with Gasteiger partial charge in [0.05, 0.1) is 11.6 Å². The van der Waals surface area contributed by atoms with E-state index in [1.54, 1.807) is 0 Å². The predicted octanol–water partition coefficient (Wildman–Crippen LogP) is 3.94. The minimum absolute atomic E-state index is 0.461. The maximum absolute atomic E-state index is 8.75. The summed E-state index contributed by atoms with van der Waals surface area (Å²) in [4.78, 5) is 0. The van der Waals surface area contributed by atoms with Crippen LogP contribution in [0.3, 0.4) is 0 Å². The lowest BCUT2D eigenvalue weighted by Gasteiger charge is -2.36. The molecule has 1 aliphatic carbocycles. The fourth-order valence-corrected chi connectivity index (χ4v) is 2.70. The monoisotopic (exact) mass is 228 g/mol. The van der Waals surface area contributed by atoms with Crippen LogP contribution in [0.1, 0.15) is 45.1 Å². The Morgan fingerprint density at radius 2 is 2.00 bits per heavy atom. The highest BCUT2D eigenvalue weighted by molar-refractivity contribution is 5.47. The van der Waals surface area contributed by atoms with Gasteiger partial charge in [0.25, 0.3) is 0 Å². The van der Waals surface area contributed by atoms with Gasteiger partial charge >= 0.3 is 0 Å². The Hall–Kier alpha value is -1.49. The predicted molar refractivity (Wildman–Crippen MR) is 70.8 cm³/mol. The van der Waals surface area contributed by atoms with E-state index in [0.29, 0.717) is 11.5 Å². The number of rotatable bonds is 2. The minimum Gasteiger partial charge on any atom is -0.382 e. The van der Waals surface area contributed by atoms with Crippen LogP contribution in [0.15, 0.2) is 24.3 Å². The lowest BCUT2D eigenvalue weighted by Crippen LogP contribution is -2.31. The summed E-state index contributed by atoms with van der Waals surface area (Å²) in [5.74, 6) is 0. The Kier molecular flexibility index (Phi) is 3.38. The van der Waals surface area contributed by atoms with Gasteiger partial charge in [0, 0.05) is 11.7 Å². The fraction of sp³-hybridized carbons (Fsp3) is 0.533. The number of hydrogen-bond donors (Lipinski definition) is 1. The van der Waals surface area contributed by atoms with Gasteiger partial charge in [0.2, 0.25) is 0 Å². The third kappa shape index (κ3) is 3.23. The summed E-state index contributed by atoms with van der Waals surface area (Å²) in [7, 11) is 0. The molecule has 0 aliphatic heterocycles. The molecule has 1 fully saturated rings. The number of hydrogen-bond acceptors (Lipinski definition) is 2. The van der Waals surface area contributed by atoms with E-state index in [1.807, 2.05) is 24.3 Å². The molecule has 0 radical (unpaired) electrons. The van der Waals surface area contributed by atoms with Gasteiger partial charge in [-0.3, -0.25) is 0 Å². The van der Waals surface area contributed by atoms with Crippen LogP contribution in [0.4, 0.5) is 5.69 Å². The summed E-state index contributed by atoms with van der Waals surface area (Å²) in [5.41, 5.74) is 2.31. The zero-order valence-corrected chi connectivity index (χ0v) is 10.7. The van der Waals surface area contributed by atoms with E-state index in [2.05, 4.69) is 25.2 Å². The van der Waals surface area contributed by atoms with Gasteiger partial charge in [0.15, 0.2) is 0 Å². The molecule has 2 rings (SSSR count). The third-order valence-corrected chi connectivity index (χ3v) is 3.59. The van der Waals surface area contributed by atoms with Crippen molar-refractivity contribution >= 4 is 5.69 Å². The SMILES string of the molecule is CC1(C)CCCC(Nc2ccc(C#N)cc2)C1. The molecule has 1 atom stereocenters. The Balaban J connectivity index is 1.98. The van der Waals surface area contributed by atoms with E-state index in [9.17, 15) is 0 Å². The lowest BCUT2D eigenvalue weighted by molar-refractivity contribution is 0.229. The van der Waals surface area contributed by atoms with Crippen molar-refractivity contribution in [3.8, 4) is 6.07 Å². The van der Waals surface area contributed by atoms with Crippen molar-refractivity contribution in [1.82, 2.24) is 0 Å². The standard InChI is InChI=1S/C15H20N2/c1-15(2)9-3-4-14(10-15)17-13-7-5-12(11-16)6-8-13/h5-8,14,17H,3-4,9-10H2,1-2H3. The largest absolute Gasteiger partial charge is 0.382 e. The fourth-order valence-electron chi connectivity index (χ4n) is 2.70. The molecular formula is C15H20N2. The van der Waals surface area contributed by atoms with E-state index in [4.69, 9.17) is 5.26 Å². The summed E-state index contributed by atoms with van der Waals surface area (Å²) >= 11 is 0. The first kappa shape index (κ1) is 12.0. The molecule has 0 aromatic heterocycles. The van der Waals surface area contributed by atoms with Crippen LogP contribution in [0, 0.1) is 16.7 Å². The van der Waals surface area contributed by atoms with Crippen molar-refractivity contribution in [3.63, 3.8) is 0 Å². The number of anilines is 1. The van der Waals surface area contributed by atoms with Crippen LogP contribution >= 0.6 is 0 Å². The molecule has 0 amide bonds. The van der Waals surface area contributed by atoms with E-state index in [0.717, 1.165) is 11.3 Å². The number of nitrogens with zero attached hydrogens (tertiary/aromatic N) is 1. The molecule has 0 heterocycles. The van der Waals surface area contributed by atoms with Gasteiger partial charge < -0.3 is 5.32 Å². The second-order valence-electron chi connectivity index (χ2n) is 5.79. The highest BCUT2D eigenvalue weighted by Gasteiger charge is 2.27. The third-order valence-electron chi connectivity index (χ3n) is 3.59. The zero-order chi connectivity index (χ0) is 12.3. The van der Waals surface area contributed by atoms with Crippen LogP contribution in [-0.2, 0) is 0 Å². The molecule has 2 heteroatoms. The second-order valence-corrected chi connectivity index (χ2v) is 5.79. The average molecular weight is 228 g/mol. The van der Waals surface area contributed by atoms with E-state index in [-0.39, 0.29) is 0 Å². The maximum atomic E-state index is 8.75. The molecule has 0 bridgehead atoms. The highest BCUT2D eigenvalue weighted by atomic mass is 14.9. The molecule has 90 valence electrons. The van der Waals surface area contributed by atoms with Crippen LogP contribution in [0.2, 0.25) is 0 Å². The maximum Gasteiger partial charge on any atom is 0.0991 e. The first-order valence-electron chi connectivity index (χ1n) is 6.36. The summed E-state index contributed by atoms with van der Waals surface area (Å²) in [6.45, 7) is 4.69. The molecule has 0 saturated heterocycles. The second kappa shape index (κ2) is 4.79. The molecule has 1 aromatic carbocycles. The van der Waals surface area contributed by atoms with E-state index >= 15 is 0 Å². The summed E-state index contributed by atoms with van der Waals surface area (Å²) < 4.78 is 0. The average Bonchev–Trinajstić information content (AvgIpc) is 2.29. The topological polar surface area (TPSA) is 35.8 Å². The van der Waals surface area contributed by atoms with Crippen molar-refractivity contribution in [2.45, 2.75) is 45.6 Å². The highest BCUT2D eigenvalue weighted by Crippen LogP contribution is 2.36. The molecule has 17 heavy (non-hydrogen) atoms. The van der Waals surface area contributed by atoms with Crippen molar-refractivity contribution in [2.75, 3.05) is 5.32 Å². The van der Waals surface area contributed by atoms with Crippen LogP contribution < -0.4 is 5.32 Å². The van der Waals surface area contributed by atoms with Gasteiger partial charge in [-0.05, 0) is 48.9 Å². The van der Waals surface area contributed by atoms with Crippen molar-refractivity contribution < 1.29 is 0 Å². The lowest BCUT2D eigenvalue weighted by atomic mass is 9.75. The summed E-state index contributed by atoms with van der Waals surface area (Å²) in [6.07, 6.45) is 5.12. The molecule has 1 aliphatic rings. The molecule has 2 nitrogen and oxygen atoms in total. The van der Waals surface area contributed by atoms with Crippen LogP contribution in [-0.4, -0.2) is 6.04 Å². The molecule has 1 aromatic rings. The van der Waals surface area contributed by atoms with Gasteiger partial charge in [0.1, 0.15) is 0 Å². The summed E-state index contributed by atoms with van der Waals surface area (Å²) in [6, 6.07) is 10.5. The van der Waals surface area contributed by atoms with Gasteiger partial charge in [-0.1, -0.05) is 20.3 Å². The van der Waals surface area contributed by atoms with E-state index < -0.39 is 0 Å². The van der Waals surface area contributed by atoms with Gasteiger partial charge in [-0.15, -0.1) is 0 Å². The van der Waals surface area contributed by atoms with Crippen LogP contribution in [0.25, 0.3) is 0 Å². The Bertz CT molecular complexity index is 412. The molecule has 1 saturated carbocycles. The molecule has 0 spiro atoms. The first-order chi connectivity index (χ1) is 8.09. The summed E-state index contributed by atoms with van der Waals surface area (Å²) in [5, 5.41) is 12.3. The Labute approximate surface area is 104 Å². The van der Waals surface area contributed by atoms with Crippen molar-refractivity contribution in [3.05, 3.63) is 29.8 Å². The Morgan fingerprint density at radius 3 is 2.59 bits per heavy atom.